The quantitative estimate of drug-likeness (QED) is 0.207. The van der Waals surface area contributed by atoms with Crippen LogP contribution in [0.1, 0.15) is 83.7 Å². The van der Waals surface area contributed by atoms with E-state index in [1.807, 2.05) is 69.5 Å². The van der Waals surface area contributed by atoms with E-state index in [1.54, 1.807) is 19.1 Å². The predicted molar refractivity (Wildman–Crippen MR) is 214 cm³/mol. The van der Waals surface area contributed by atoms with Crippen molar-refractivity contribution in [3.05, 3.63) is 47.5 Å². The zero-order chi connectivity index (χ0) is 39.9. The summed E-state index contributed by atoms with van der Waals surface area (Å²) in [7, 11) is 9.55. The Labute approximate surface area is 323 Å². The minimum atomic E-state index is -0.897. The molecule has 2 aromatic rings. The number of rotatable bonds is 14. The maximum absolute atomic E-state index is 14.3. The summed E-state index contributed by atoms with van der Waals surface area (Å²) in [5, 5.41) is 29.6. The van der Waals surface area contributed by atoms with Crippen molar-refractivity contribution in [3.8, 4) is 16.9 Å². The fourth-order valence-electron chi connectivity index (χ4n) is 9.60. The maximum atomic E-state index is 14.3. The van der Waals surface area contributed by atoms with Crippen LogP contribution in [0, 0.1) is 34.5 Å². The van der Waals surface area contributed by atoms with Crippen molar-refractivity contribution in [1.82, 2.24) is 20.6 Å². The summed E-state index contributed by atoms with van der Waals surface area (Å²) in [6.45, 7) is 15.7. The first-order valence-corrected chi connectivity index (χ1v) is 19.7. The SMILES string of the molecule is COc1c(CN2O[C@@H](CO)[C@@H]([C@H](C)O)[C@H]2C(=O)N[C@H]2C[C@H]3C[C@H]([C@@H]2C)C3(C)C)cccc1-c1cc(C(=O)N[C@H](CN(C)C)CC(C)(C)C)cc(N(C)C)c1. The zero-order valence-corrected chi connectivity index (χ0v) is 34.8. The van der Waals surface area contributed by atoms with Crippen molar-refractivity contribution in [3.63, 3.8) is 0 Å². The summed E-state index contributed by atoms with van der Waals surface area (Å²) < 4.78 is 6.10. The number of para-hydroxylation sites is 1. The summed E-state index contributed by atoms with van der Waals surface area (Å²) in [6, 6.07) is 10.9. The number of hydrogen-bond acceptors (Lipinski definition) is 9. The highest BCUT2D eigenvalue weighted by Gasteiger charge is 2.57. The van der Waals surface area contributed by atoms with Crippen LogP contribution in [0.15, 0.2) is 36.4 Å². The van der Waals surface area contributed by atoms with E-state index in [2.05, 4.69) is 57.1 Å². The van der Waals surface area contributed by atoms with Gasteiger partial charge in [-0.3, -0.25) is 14.4 Å². The van der Waals surface area contributed by atoms with Crippen LogP contribution in [0.25, 0.3) is 11.1 Å². The summed E-state index contributed by atoms with van der Waals surface area (Å²) in [5.41, 5.74) is 4.10. The van der Waals surface area contributed by atoms with Crippen molar-refractivity contribution < 1.29 is 29.4 Å². The van der Waals surface area contributed by atoms with Crippen LogP contribution in [0.3, 0.4) is 0 Å². The Bertz CT molecular complexity index is 1640. The molecule has 1 aliphatic heterocycles. The minimum Gasteiger partial charge on any atom is -0.496 e. The van der Waals surface area contributed by atoms with Crippen molar-refractivity contribution in [2.75, 3.05) is 53.4 Å². The van der Waals surface area contributed by atoms with Crippen LogP contribution in [-0.4, -0.2) is 111 Å². The molecule has 2 aromatic carbocycles. The number of nitrogens with zero attached hydrogens (tertiary/aromatic N) is 3. The third kappa shape index (κ3) is 8.91. The van der Waals surface area contributed by atoms with Crippen LogP contribution < -0.4 is 20.3 Å². The van der Waals surface area contributed by atoms with Gasteiger partial charge in [0.15, 0.2) is 0 Å². The number of aliphatic hydroxyl groups is 2. The first kappa shape index (κ1) is 41.9. The lowest BCUT2D eigenvalue weighted by Gasteiger charge is -2.62. The van der Waals surface area contributed by atoms with E-state index in [-0.39, 0.29) is 47.9 Å². The molecule has 0 aromatic heterocycles. The average Bonchev–Trinajstić information content (AvgIpc) is 3.46. The van der Waals surface area contributed by atoms with E-state index in [4.69, 9.17) is 9.57 Å². The Morgan fingerprint density at radius 1 is 1.11 bits per heavy atom. The molecule has 300 valence electrons. The topological polar surface area (TPSA) is 127 Å². The number of methoxy groups -OCH3 is 1. The van der Waals surface area contributed by atoms with Crippen LogP contribution in [0.2, 0.25) is 0 Å². The molecule has 0 spiro atoms. The van der Waals surface area contributed by atoms with Gasteiger partial charge >= 0.3 is 0 Å². The number of benzene rings is 2. The van der Waals surface area contributed by atoms with Crippen molar-refractivity contribution in [2.45, 2.75) is 105 Å². The Morgan fingerprint density at radius 3 is 2.37 bits per heavy atom. The number of carbonyl (C=O) groups is 2. The van der Waals surface area contributed by atoms with Gasteiger partial charge in [-0.1, -0.05) is 59.7 Å². The van der Waals surface area contributed by atoms with Gasteiger partial charge in [0.25, 0.3) is 5.91 Å². The molecule has 6 rings (SSSR count). The summed E-state index contributed by atoms with van der Waals surface area (Å²) >= 11 is 0. The Morgan fingerprint density at radius 2 is 1.81 bits per heavy atom. The van der Waals surface area contributed by atoms with E-state index >= 15 is 0 Å². The predicted octanol–water partition coefficient (Wildman–Crippen LogP) is 5.19. The van der Waals surface area contributed by atoms with Gasteiger partial charge < -0.3 is 35.4 Å². The van der Waals surface area contributed by atoms with Crippen molar-refractivity contribution in [2.24, 2.45) is 34.5 Å². The molecule has 1 saturated heterocycles. The van der Waals surface area contributed by atoms with Gasteiger partial charge in [-0.25, -0.2) is 0 Å². The highest BCUT2D eigenvalue weighted by molar-refractivity contribution is 5.97. The van der Waals surface area contributed by atoms with Gasteiger partial charge in [0, 0.05) is 61.0 Å². The Hall–Kier alpha value is -3.22. The van der Waals surface area contributed by atoms with E-state index in [0.717, 1.165) is 41.8 Å². The van der Waals surface area contributed by atoms with Crippen LogP contribution in [0.4, 0.5) is 5.69 Å². The van der Waals surface area contributed by atoms with Gasteiger partial charge in [0.05, 0.1) is 26.4 Å². The van der Waals surface area contributed by atoms with Crippen LogP contribution in [0.5, 0.6) is 5.75 Å². The van der Waals surface area contributed by atoms with Gasteiger partial charge in [0.2, 0.25) is 5.91 Å². The fourth-order valence-corrected chi connectivity index (χ4v) is 9.60. The summed E-state index contributed by atoms with van der Waals surface area (Å²) in [4.78, 5) is 38.6. The number of nitrogens with one attached hydrogen (secondary N) is 2. The smallest absolute Gasteiger partial charge is 0.251 e. The summed E-state index contributed by atoms with van der Waals surface area (Å²) in [6.07, 6.45) is 1.32. The lowest BCUT2D eigenvalue weighted by molar-refractivity contribution is -0.183. The fraction of sp³-hybridized carbons (Fsp3) is 0.674. The number of ether oxygens (including phenoxy) is 1. The van der Waals surface area contributed by atoms with Crippen molar-refractivity contribution in [1.29, 1.82) is 0 Å². The molecule has 0 radical (unpaired) electrons. The second-order valence-corrected chi connectivity index (χ2v) is 18.6. The molecule has 4 fully saturated rings. The molecule has 3 saturated carbocycles. The second-order valence-electron chi connectivity index (χ2n) is 18.6. The number of anilines is 1. The minimum absolute atomic E-state index is 0.0329. The number of likely N-dealkylation sites (N-methyl/N-ethyl adjacent to an activating group) is 1. The van der Waals surface area contributed by atoms with E-state index in [0.29, 0.717) is 29.1 Å². The van der Waals surface area contributed by atoms with Gasteiger partial charge in [-0.2, -0.15) is 5.06 Å². The first-order valence-electron chi connectivity index (χ1n) is 19.7. The molecule has 1 heterocycles. The van der Waals surface area contributed by atoms with Gasteiger partial charge in [0.1, 0.15) is 17.9 Å². The molecule has 4 N–H and O–H groups in total. The number of carbonyl (C=O) groups excluding carboxylic acids is 2. The molecule has 0 unspecified atom stereocenters. The molecule has 11 nitrogen and oxygen atoms in total. The Kier molecular flexibility index (Phi) is 12.8. The number of hydroxylamine groups is 2. The normalized spacial score (nSPS) is 27.6. The number of aliphatic hydroxyl groups excluding tert-OH is 2. The average molecular weight is 750 g/mol. The monoisotopic (exact) mass is 750 g/mol. The highest BCUT2D eigenvalue weighted by Crippen LogP contribution is 2.61. The molecule has 2 amide bonds. The van der Waals surface area contributed by atoms with E-state index in [1.165, 1.54) is 6.42 Å². The van der Waals surface area contributed by atoms with E-state index < -0.39 is 24.2 Å². The highest BCUT2D eigenvalue weighted by atomic mass is 16.7. The lowest BCUT2D eigenvalue weighted by atomic mass is 9.45. The lowest BCUT2D eigenvalue weighted by Crippen LogP contribution is -2.62. The van der Waals surface area contributed by atoms with Crippen LogP contribution in [-0.2, 0) is 16.2 Å². The molecule has 11 heteroatoms. The number of fused-ring (bicyclic) bond motifs is 2. The molecule has 3 aliphatic carbocycles. The van der Waals surface area contributed by atoms with Gasteiger partial charge in [-0.05, 0) is 92.6 Å². The number of hydrogen-bond donors (Lipinski definition) is 4. The second kappa shape index (κ2) is 16.5. The summed E-state index contributed by atoms with van der Waals surface area (Å²) in [5.74, 6) is 1.08. The standard InChI is InChI=1S/C43H67N5O6/c1-25-34-19-30(43(34,6)7)20-35(25)45-41(52)38-37(26(2)50)36(24-49)54-48(38)22-27-14-13-15-33(39(27)53-12)28-16-29(18-32(17-28)47(10)11)40(51)44-31(23-46(8)9)21-42(3,4)5/h13-18,25-26,30-31,34-38,49-50H,19-24H2,1-12H3,(H,44,51)(H,45,52)/t25-,26-,30+,31-,34+,35-,36-,37+,38-/m0/s1. The molecule has 54 heavy (non-hydrogen) atoms. The molecular weight excluding hydrogens is 683 g/mol. The molecular formula is C43H67N5O6. The van der Waals surface area contributed by atoms with Crippen LogP contribution >= 0.6 is 0 Å². The molecule has 9 atom stereocenters. The third-order valence-electron chi connectivity index (χ3n) is 12.5. The van der Waals surface area contributed by atoms with E-state index in [9.17, 15) is 19.8 Å². The first-order chi connectivity index (χ1) is 25.2. The van der Waals surface area contributed by atoms with Crippen molar-refractivity contribution >= 4 is 17.5 Å². The third-order valence-corrected chi connectivity index (χ3v) is 12.5. The Balaban J connectivity index is 1.45. The largest absolute Gasteiger partial charge is 0.496 e. The maximum Gasteiger partial charge on any atom is 0.251 e. The zero-order valence-electron chi connectivity index (χ0n) is 34.8. The van der Waals surface area contributed by atoms with Gasteiger partial charge in [-0.15, -0.1) is 0 Å². The molecule has 4 aliphatic rings. The molecule has 2 bridgehead atoms. The number of amides is 2.